The summed E-state index contributed by atoms with van der Waals surface area (Å²) in [6, 6.07) is 7.24. The number of terminal acetylenes is 1. The van der Waals surface area contributed by atoms with Crippen LogP contribution >= 0.6 is 0 Å². The van der Waals surface area contributed by atoms with E-state index in [1.165, 1.54) is 0 Å². The number of carbonyl (C=O) groups excluding carboxylic acids is 1. The lowest BCUT2D eigenvalue weighted by molar-refractivity contribution is -0.136. The molecular formula is C14H11NO3. The Morgan fingerprint density at radius 2 is 2.17 bits per heavy atom. The third-order valence-electron chi connectivity index (χ3n) is 2.39. The van der Waals surface area contributed by atoms with Crippen molar-refractivity contribution < 1.29 is 14.4 Å². The van der Waals surface area contributed by atoms with Gasteiger partial charge in [-0.1, -0.05) is 23.2 Å². The molecule has 18 heavy (non-hydrogen) atoms. The number of hydrogen-bond donors (Lipinski definition) is 0. The standard InChI is InChI=1S/C14H11NO3/c1-3-8-17-12-6-4-11(5-7-12)9-13-10(2)15-18-14(13)16/h1,4-7,9H,8H2,2H3. The maximum atomic E-state index is 11.3. The largest absolute Gasteiger partial charge is 0.481 e. The van der Waals surface area contributed by atoms with E-state index in [2.05, 4.69) is 15.9 Å². The van der Waals surface area contributed by atoms with Crippen LogP contribution in [0.4, 0.5) is 0 Å². The molecule has 0 amide bonds. The van der Waals surface area contributed by atoms with Crippen molar-refractivity contribution in [3.05, 3.63) is 35.4 Å². The molecule has 0 unspecified atom stereocenters. The lowest BCUT2D eigenvalue weighted by Crippen LogP contribution is -2.01. The SMILES string of the molecule is C#CCOc1ccc(C=C2C(=O)ON=C2C)cc1. The van der Waals surface area contributed by atoms with Crippen LogP contribution in [-0.2, 0) is 9.63 Å². The van der Waals surface area contributed by atoms with Gasteiger partial charge in [-0.05, 0) is 30.7 Å². The van der Waals surface area contributed by atoms with E-state index in [4.69, 9.17) is 11.2 Å². The Morgan fingerprint density at radius 3 is 2.72 bits per heavy atom. The zero-order valence-electron chi connectivity index (χ0n) is 9.84. The summed E-state index contributed by atoms with van der Waals surface area (Å²) in [5, 5.41) is 3.60. The first kappa shape index (κ1) is 11.9. The summed E-state index contributed by atoms with van der Waals surface area (Å²) in [5.74, 6) is 2.65. The second-order valence-electron chi connectivity index (χ2n) is 3.68. The van der Waals surface area contributed by atoms with Crippen LogP contribution in [0.1, 0.15) is 12.5 Å². The molecule has 1 heterocycles. The van der Waals surface area contributed by atoms with Gasteiger partial charge in [-0.25, -0.2) is 4.79 Å². The van der Waals surface area contributed by atoms with Crippen LogP contribution in [0.15, 0.2) is 35.0 Å². The molecular weight excluding hydrogens is 230 g/mol. The van der Waals surface area contributed by atoms with Crippen molar-refractivity contribution in [2.24, 2.45) is 5.16 Å². The molecule has 1 aromatic carbocycles. The Hall–Kier alpha value is -2.54. The summed E-state index contributed by atoms with van der Waals surface area (Å²) in [6.07, 6.45) is 6.82. The van der Waals surface area contributed by atoms with Crippen molar-refractivity contribution in [2.75, 3.05) is 6.61 Å². The first-order chi connectivity index (χ1) is 8.70. The minimum Gasteiger partial charge on any atom is -0.481 e. The van der Waals surface area contributed by atoms with Crippen LogP contribution < -0.4 is 4.74 Å². The van der Waals surface area contributed by atoms with Crippen molar-refractivity contribution in [1.82, 2.24) is 0 Å². The Morgan fingerprint density at radius 1 is 1.44 bits per heavy atom. The molecule has 0 radical (unpaired) electrons. The molecule has 0 saturated carbocycles. The van der Waals surface area contributed by atoms with E-state index < -0.39 is 5.97 Å². The zero-order valence-corrected chi connectivity index (χ0v) is 9.84. The van der Waals surface area contributed by atoms with Crippen LogP contribution in [0.5, 0.6) is 5.75 Å². The maximum Gasteiger partial charge on any atom is 0.367 e. The number of oxime groups is 1. The summed E-state index contributed by atoms with van der Waals surface area (Å²) in [4.78, 5) is 15.9. The number of rotatable bonds is 3. The predicted octanol–water partition coefficient (Wildman–Crippen LogP) is 2.01. The summed E-state index contributed by atoms with van der Waals surface area (Å²) < 4.78 is 5.25. The molecule has 4 nitrogen and oxygen atoms in total. The van der Waals surface area contributed by atoms with Gasteiger partial charge in [-0.3, -0.25) is 0 Å². The molecule has 4 heteroatoms. The third-order valence-corrected chi connectivity index (χ3v) is 2.39. The summed E-state index contributed by atoms with van der Waals surface area (Å²) in [5.41, 5.74) is 1.91. The van der Waals surface area contributed by atoms with Crippen LogP contribution in [0.25, 0.3) is 6.08 Å². The summed E-state index contributed by atoms with van der Waals surface area (Å²) in [6.45, 7) is 1.96. The third kappa shape index (κ3) is 2.58. The predicted molar refractivity (Wildman–Crippen MR) is 67.9 cm³/mol. The van der Waals surface area contributed by atoms with Gasteiger partial charge < -0.3 is 9.57 Å². The number of ether oxygens (including phenoxy) is 1. The highest BCUT2D eigenvalue weighted by atomic mass is 16.7. The highest BCUT2D eigenvalue weighted by molar-refractivity contribution is 6.24. The summed E-state index contributed by atoms with van der Waals surface area (Å²) in [7, 11) is 0. The van der Waals surface area contributed by atoms with Crippen molar-refractivity contribution >= 4 is 17.8 Å². The van der Waals surface area contributed by atoms with Gasteiger partial charge >= 0.3 is 5.97 Å². The lowest BCUT2D eigenvalue weighted by Gasteiger charge is -2.02. The van der Waals surface area contributed by atoms with E-state index in [-0.39, 0.29) is 6.61 Å². The van der Waals surface area contributed by atoms with E-state index in [0.29, 0.717) is 17.0 Å². The molecule has 0 bridgehead atoms. The molecule has 1 aliphatic rings. The van der Waals surface area contributed by atoms with E-state index in [1.54, 1.807) is 25.1 Å². The van der Waals surface area contributed by atoms with Crippen LogP contribution in [-0.4, -0.2) is 18.3 Å². The van der Waals surface area contributed by atoms with E-state index in [0.717, 1.165) is 5.56 Å². The number of carbonyl (C=O) groups is 1. The molecule has 1 aliphatic heterocycles. The second kappa shape index (κ2) is 5.19. The van der Waals surface area contributed by atoms with Crippen molar-refractivity contribution in [3.63, 3.8) is 0 Å². The van der Waals surface area contributed by atoms with E-state index in [1.807, 2.05) is 12.1 Å². The number of benzene rings is 1. The van der Waals surface area contributed by atoms with Crippen molar-refractivity contribution in [3.8, 4) is 18.1 Å². The fourth-order valence-corrected chi connectivity index (χ4v) is 1.47. The van der Waals surface area contributed by atoms with Gasteiger partial charge in [-0.2, -0.15) is 0 Å². The van der Waals surface area contributed by atoms with Gasteiger partial charge in [0.25, 0.3) is 0 Å². The van der Waals surface area contributed by atoms with Crippen LogP contribution in [0.2, 0.25) is 0 Å². The molecule has 0 spiro atoms. The second-order valence-corrected chi connectivity index (χ2v) is 3.68. The number of nitrogens with zero attached hydrogens (tertiary/aromatic N) is 1. The fourth-order valence-electron chi connectivity index (χ4n) is 1.47. The molecule has 0 atom stereocenters. The van der Waals surface area contributed by atoms with Gasteiger partial charge in [0.15, 0.2) is 0 Å². The van der Waals surface area contributed by atoms with Gasteiger partial charge in [0, 0.05) is 0 Å². The first-order valence-corrected chi connectivity index (χ1v) is 5.35. The fraction of sp³-hybridized carbons (Fsp3) is 0.143. The Labute approximate surface area is 105 Å². The quantitative estimate of drug-likeness (QED) is 0.462. The Bertz CT molecular complexity index is 562. The van der Waals surface area contributed by atoms with Crippen LogP contribution in [0.3, 0.4) is 0 Å². The van der Waals surface area contributed by atoms with Crippen molar-refractivity contribution in [1.29, 1.82) is 0 Å². The van der Waals surface area contributed by atoms with E-state index in [9.17, 15) is 4.79 Å². The monoisotopic (exact) mass is 241 g/mol. The topological polar surface area (TPSA) is 47.9 Å². The molecule has 0 aliphatic carbocycles. The number of hydrogen-bond acceptors (Lipinski definition) is 4. The van der Waals surface area contributed by atoms with Gasteiger partial charge in [-0.15, -0.1) is 6.42 Å². The maximum absolute atomic E-state index is 11.3. The average Bonchev–Trinajstić information content (AvgIpc) is 2.70. The highest BCUT2D eigenvalue weighted by Gasteiger charge is 2.21. The van der Waals surface area contributed by atoms with E-state index >= 15 is 0 Å². The molecule has 0 saturated heterocycles. The molecule has 0 N–H and O–H groups in total. The van der Waals surface area contributed by atoms with Gasteiger partial charge in [0.1, 0.15) is 12.4 Å². The normalized spacial score (nSPS) is 16.1. The summed E-state index contributed by atoms with van der Waals surface area (Å²) >= 11 is 0. The molecule has 0 aromatic heterocycles. The van der Waals surface area contributed by atoms with Gasteiger partial charge in [0.2, 0.25) is 0 Å². The Balaban J connectivity index is 2.16. The smallest absolute Gasteiger partial charge is 0.367 e. The molecule has 2 rings (SSSR count). The van der Waals surface area contributed by atoms with Gasteiger partial charge in [0.05, 0.1) is 11.3 Å². The Kier molecular flexibility index (Phi) is 3.44. The average molecular weight is 241 g/mol. The molecule has 1 aromatic rings. The minimum absolute atomic E-state index is 0.235. The van der Waals surface area contributed by atoms with Crippen molar-refractivity contribution in [2.45, 2.75) is 6.92 Å². The molecule has 90 valence electrons. The highest BCUT2D eigenvalue weighted by Crippen LogP contribution is 2.18. The molecule has 0 fully saturated rings. The van der Waals surface area contributed by atoms with Crippen LogP contribution in [0, 0.1) is 12.3 Å². The lowest BCUT2D eigenvalue weighted by atomic mass is 10.1. The zero-order chi connectivity index (χ0) is 13.0. The minimum atomic E-state index is -0.430. The first-order valence-electron chi connectivity index (χ1n) is 5.35.